The lowest BCUT2D eigenvalue weighted by Crippen LogP contribution is -2.21. The van der Waals surface area contributed by atoms with Crippen LogP contribution in [0, 0.1) is 0 Å². The Hall–Kier alpha value is -2.34. The van der Waals surface area contributed by atoms with Gasteiger partial charge in [-0.25, -0.2) is 0 Å². The molecule has 2 N–H and O–H groups in total. The number of carbonyl (C=O) groups is 2. The van der Waals surface area contributed by atoms with Crippen LogP contribution >= 0.6 is 15.9 Å². The molecule has 1 unspecified atom stereocenters. The average molecular weight is 433 g/mol. The van der Waals surface area contributed by atoms with Gasteiger partial charge in [0, 0.05) is 12.7 Å². The van der Waals surface area contributed by atoms with Crippen molar-refractivity contribution >= 4 is 33.4 Å². The second-order valence-corrected chi connectivity index (χ2v) is 7.24. The largest absolute Gasteiger partial charge is 0.483 e. The molecule has 0 spiro atoms. The molecule has 2 aromatic rings. The van der Waals surface area contributed by atoms with Crippen molar-refractivity contribution in [2.45, 2.75) is 32.6 Å². The Kier molecular flexibility index (Phi) is 7.85. The summed E-state index contributed by atoms with van der Waals surface area (Å²) in [7, 11) is 1.60. The third-order valence-corrected chi connectivity index (χ3v) is 5.00. The van der Waals surface area contributed by atoms with Gasteiger partial charge in [0.15, 0.2) is 6.61 Å². The minimum Gasteiger partial charge on any atom is -0.483 e. The molecule has 0 bridgehead atoms. The first kappa shape index (κ1) is 21.0. The molecule has 2 aromatic carbocycles. The molecule has 0 fully saturated rings. The minimum absolute atomic E-state index is 0.0508. The SMILES string of the molecule is CCC(C)c1ccc(OCC(=O)Nc2ccc(CC(=O)NC)cc2)c(Br)c1. The van der Waals surface area contributed by atoms with Crippen LogP contribution in [0.1, 0.15) is 37.3 Å². The molecule has 0 aliphatic carbocycles. The van der Waals surface area contributed by atoms with Crippen LogP contribution in [0.25, 0.3) is 0 Å². The van der Waals surface area contributed by atoms with Crippen LogP contribution in [0.2, 0.25) is 0 Å². The summed E-state index contributed by atoms with van der Waals surface area (Å²) in [6.07, 6.45) is 1.38. The lowest BCUT2D eigenvalue weighted by atomic mass is 9.99. The van der Waals surface area contributed by atoms with E-state index in [-0.39, 0.29) is 18.4 Å². The van der Waals surface area contributed by atoms with E-state index in [1.807, 2.05) is 30.3 Å². The van der Waals surface area contributed by atoms with Crippen molar-refractivity contribution in [3.8, 4) is 5.75 Å². The van der Waals surface area contributed by atoms with Crippen molar-refractivity contribution in [2.24, 2.45) is 0 Å². The smallest absolute Gasteiger partial charge is 0.262 e. The molecule has 5 nitrogen and oxygen atoms in total. The Morgan fingerprint density at radius 3 is 2.41 bits per heavy atom. The highest BCUT2D eigenvalue weighted by molar-refractivity contribution is 9.10. The van der Waals surface area contributed by atoms with Gasteiger partial charge in [0.05, 0.1) is 10.9 Å². The van der Waals surface area contributed by atoms with E-state index in [2.05, 4.69) is 40.4 Å². The van der Waals surface area contributed by atoms with Crippen LogP contribution in [0.5, 0.6) is 5.75 Å². The van der Waals surface area contributed by atoms with Crippen LogP contribution in [0.4, 0.5) is 5.69 Å². The zero-order valence-electron chi connectivity index (χ0n) is 15.8. The van der Waals surface area contributed by atoms with E-state index in [9.17, 15) is 9.59 Å². The number of halogens is 1. The molecule has 2 rings (SSSR count). The first-order valence-electron chi connectivity index (χ1n) is 8.94. The monoisotopic (exact) mass is 432 g/mol. The first-order chi connectivity index (χ1) is 12.9. The Balaban J connectivity index is 1.88. The summed E-state index contributed by atoms with van der Waals surface area (Å²) in [5.41, 5.74) is 2.78. The lowest BCUT2D eigenvalue weighted by molar-refractivity contribution is -0.120. The van der Waals surface area contributed by atoms with E-state index >= 15 is 0 Å². The van der Waals surface area contributed by atoms with Crippen LogP contribution in [-0.2, 0) is 16.0 Å². The number of rotatable bonds is 8. The zero-order chi connectivity index (χ0) is 19.8. The predicted octanol–water partition coefficient (Wildman–Crippen LogP) is 4.27. The third kappa shape index (κ3) is 6.40. The molecule has 2 amide bonds. The van der Waals surface area contributed by atoms with Crippen molar-refractivity contribution in [3.63, 3.8) is 0 Å². The number of likely N-dealkylation sites (N-methyl/N-ethyl adjacent to an activating group) is 1. The number of amides is 2. The summed E-state index contributed by atoms with van der Waals surface area (Å²) in [5.74, 6) is 0.820. The molecule has 144 valence electrons. The highest BCUT2D eigenvalue weighted by atomic mass is 79.9. The summed E-state index contributed by atoms with van der Waals surface area (Å²) in [6, 6.07) is 13.1. The second kappa shape index (κ2) is 10.1. The van der Waals surface area contributed by atoms with Gasteiger partial charge in [-0.05, 0) is 63.7 Å². The quantitative estimate of drug-likeness (QED) is 0.654. The van der Waals surface area contributed by atoms with Crippen LogP contribution in [0.3, 0.4) is 0 Å². The fourth-order valence-electron chi connectivity index (χ4n) is 2.50. The third-order valence-electron chi connectivity index (χ3n) is 4.38. The van der Waals surface area contributed by atoms with Crippen molar-refractivity contribution in [1.82, 2.24) is 5.32 Å². The molecule has 1 atom stereocenters. The number of hydrogen-bond donors (Lipinski definition) is 2. The summed E-state index contributed by atoms with van der Waals surface area (Å²) >= 11 is 3.51. The van der Waals surface area contributed by atoms with Crippen LogP contribution in [-0.4, -0.2) is 25.5 Å². The number of anilines is 1. The van der Waals surface area contributed by atoms with Gasteiger partial charge in [-0.15, -0.1) is 0 Å². The maximum absolute atomic E-state index is 12.1. The Bertz CT molecular complexity index is 791. The molecule has 6 heteroatoms. The highest BCUT2D eigenvalue weighted by Crippen LogP contribution is 2.30. The molecule has 0 heterocycles. The standard InChI is InChI=1S/C21H25BrN2O3/c1-4-14(2)16-7-10-19(18(22)12-16)27-13-21(26)24-17-8-5-15(6-9-17)11-20(25)23-3/h5-10,12,14H,4,11,13H2,1-3H3,(H,23,25)(H,24,26). The molecule has 0 aliphatic rings. The average Bonchev–Trinajstić information content (AvgIpc) is 2.67. The normalized spacial score (nSPS) is 11.6. The van der Waals surface area contributed by atoms with Crippen LogP contribution in [0.15, 0.2) is 46.9 Å². The number of ether oxygens (including phenoxy) is 1. The van der Waals surface area contributed by atoms with E-state index in [1.165, 1.54) is 5.56 Å². The van der Waals surface area contributed by atoms with Crippen molar-refractivity contribution in [2.75, 3.05) is 19.0 Å². The zero-order valence-corrected chi connectivity index (χ0v) is 17.4. The fraction of sp³-hybridized carbons (Fsp3) is 0.333. The molecule has 0 saturated carbocycles. The first-order valence-corrected chi connectivity index (χ1v) is 9.73. The summed E-state index contributed by atoms with van der Waals surface area (Å²) in [5, 5.41) is 5.37. The second-order valence-electron chi connectivity index (χ2n) is 6.38. The van der Waals surface area contributed by atoms with Crippen LogP contribution < -0.4 is 15.4 Å². The van der Waals surface area contributed by atoms with E-state index in [0.717, 1.165) is 16.5 Å². The van der Waals surface area contributed by atoms with Gasteiger partial charge in [0.2, 0.25) is 5.91 Å². The maximum atomic E-state index is 12.1. The molecule has 27 heavy (non-hydrogen) atoms. The van der Waals surface area contributed by atoms with E-state index in [4.69, 9.17) is 4.74 Å². The fourth-order valence-corrected chi connectivity index (χ4v) is 3.01. The Labute approximate surface area is 168 Å². The van der Waals surface area contributed by atoms with Gasteiger partial charge in [0.25, 0.3) is 5.91 Å². The molecule has 0 radical (unpaired) electrons. The van der Waals surface area contributed by atoms with Gasteiger partial charge in [-0.2, -0.15) is 0 Å². The topological polar surface area (TPSA) is 67.4 Å². The maximum Gasteiger partial charge on any atom is 0.262 e. The summed E-state index contributed by atoms with van der Waals surface area (Å²) in [6.45, 7) is 4.25. The van der Waals surface area contributed by atoms with Gasteiger partial charge in [0.1, 0.15) is 5.75 Å². The number of hydrogen-bond acceptors (Lipinski definition) is 3. The Morgan fingerprint density at radius 2 is 1.81 bits per heavy atom. The van der Waals surface area contributed by atoms with Gasteiger partial charge < -0.3 is 15.4 Å². The molecule has 0 saturated heterocycles. The summed E-state index contributed by atoms with van der Waals surface area (Å²) < 4.78 is 6.46. The number of nitrogens with one attached hydrogen (secondary N) is 2. The Morgan fingerprint density at radius 1 is 1.11 bits per heavy atom. The van der Waals surface area contributed by atoms with Crippen molar-refractivity contribution < 1.29 is 14.3 Å². The van der Waals surface area contributed by atoms with E-state index < -0.39 is 0 Å². The number of benzene rings is 2. The molecule has 0 aromatic heterocycles. The number of carbonyl (C=O) groups excluding carboxylic acids is 2. The minimum atomic E-state index is -0.244. The van der Waals surface area contributed by atoms with Gasteiger partial charge in [-0.3, -0.25) is 9.59 Å². The predicted molar refractivity (Wildman–Crippen MR) is 111 cm³/mol. The highest BCUT2D eigenvalue weighted by Gasteiger charge is 2.10. The van der Waals surface area contributed by atoms with Gasteiger partial charge in [-0.1, -0.05) is 32.0 Å². The lowest BCUT2D eigenvalue weighted by Gasteiger charge is -2.13. The molecular weight excluding hydrogens is 408 g/mol. The molecule has 0 aliphatic heterocycles. The van der Waals surface area contributed by atoms with E-state index in [1.54, 1.807) is 19.2 Å². The van der Waals surface area contributed by atoms with Crippen molar-refractivity contribution in [3.05, 3.63) is 58.1 Å². The van der Waals surface area contributed by atoms with Crippen molar-refractivity contribution in [1.29, 1.82) is 0 Å². The van der Waals surface area contributed by atoms with E-state index in [0.29, 0.717) is 23.8 Å². The molecular formula is C21H25BrN2O3. The summed E-state index contributed by atoms with van der Waals surface area (Å²) in [4.78, 5) is 23.5. The van der Waals surface area contributed by atoms with Gasteiger partial charge >= 0.3 is 0 Å².